The highest BCUT2D eigenvalue weighted by atomic mass is 35.5. The lowest BCUT2D eigenvalue weighted by Crippen LogP contribution is -2.16. The fraction of sp³-hybridized carbons (Fsp3) is 0.545. The Balaban J connectivity index is 2.65. The Labute approximate surface area is 109 Å². The Bertz CT molecular complexity index is 600. The first kappa shape index (κ1) is 12.9. The molecule has 1 unspecified atom stereocenters. The summed E-state index contributed by atoms with van der Waals surface area (Å²) in [6.45, 7) is 3.78. The van der Waals surface area contributed by atoms with Crippen LogP contribution >= 0.6 is 11.6 Å². The number of hydrogen-bond donors (Lipinski definition) is 0. The molecule has 2 aromatic heterocycles. The number of carbonyl (C=O) groups excluding carboxylic acids is 1. The molecule has 0 bridgehead atoms. The summed E-state index contributed by atoms with van der Waals surface area (Å²) in [5.41, 5.74) is 2.36. The van der Waals surface area contributed by atoms with E-state index in [4.69, 9.17) is 16.3 Å². The maximum Gasteiger partial charge on any atom is 0.325 e. The van der Waals surface area contributed by atoms with Gasteiger partial charge in [-0.2, -0.15) is 5.10 Å². The van der Waals surface area contributed by atoms with Crippen LogP contribution in [0.15, 0.2) is 0 Å². The zero-order valence-electron chi connectivity index (χ0n) is 10.8. The van der Waals surface area contributed by atoms with E-state index in [1.54, 1.807) is 9.25 Å². The van der Waals surface area contributed by atoms with E-state index in [9.17, 15) is 4.79 Å². The smallest absolute Gasteiger partial charge is 0.325 e. The molecule has 0 aliphatic heterocycles. The summed E-state index contributed by atoms with van der Waals surface area (Å²) < 4.78 is 8.14. The van der Waals surface area contributed by atoms with Crippen molar-refractivity contribution in [1.29, 1.82) is 0 Å². The fourth-order valence-corrected chi connectivity index (χ4v) is 2.17. The molecule has 2 rings (SSSR count). The number of rotatable bonds is 3. The van der Waals surface area contributed by atoms with Crippen molar-refractivity contribution in [1.82, 2.24) is 19.3 Å². The summed E-state index contributed by atoms with van der Waals surface area (Å²) in [4.78, 5) is 15.9. The maximum atomic E-state index is 11.5. The van der Waals surface area contributed by atoms with Gasteiger partial charge in [0.1, 0.15) is 17.9 Å². The van der Waals surface area contributed by atoms with Crippen molar-refractivity contribution in [3.05, 3.63) is 11.5 Å². The number of carbonyl (C=O) groups is 1. The van der Waals surface area contributed by atoms with Crippen molar-refractivity contribution in [2.75, 3.05) is 7.11 Å². The highest BCUT2D eigenvalue weighted by Gasteiger charge is 2.21. The molecule has 98 valence electrons. The minimum Gasteiger partial charge on any atom is -0.468 e. The monoisotopic (exact) mass is 270 g/mol. The molecule has 0 saturated heterocycles. The van der Waals surface area contributed by atoms with Gasteiger partial charge in [-0.05, 0) is 13.8 Å². The molecule has 1 atom stereocenters. The third kappa shape index (κ3) is 1.96. The zero-order valence-corrected chi connectivity index (χ0v) is 11.5. The van der Waals surface area contributed by atoms with Gasteiger partial charge in [0.25, 0.3) is 0 Å². The van der Waals surface area contributed by atoms with Gasteiger partial charge < -0.3 is 9.30 Å². The van der Waals surface area contributed by atoms with Crippen molar-refractivity contribution in [2.24, 2.45) is 7.05 Å². The van der Waals surface area contributed by atoms with Crippen LogP contribution < -0.4 is 0 Å². The molecule has 7 heteroatoms. The number of alkyl halides is 1. The van der Waals surface area contributed by atoms with Gasteiger partial charge in [0.05, 0.1) is 18.2 Å². The van der Waals surface area contributed by atoms with E-state index < -0.39 is 0 Å². The Morgan fingerprint density at radius 2 is 2.22 bits per heavy atom. The summed E-state index contributed by atoms with van der Waals surface area (Å²) in [5, 5.41) is 3.99. The predicted octanol–water partition coefficient (Wildman–Crippen LogP) is 1.55. The first-order valence-electron chi connectivity index (χ1n) is 5.56. The zero-order chi connectivity index (χ0) is 13.4. The van der Waals surface area contributed by atoms with Crippen LogP contribution in [0.5, 0.6) is 0 Å². The van der Waals surface area contributed by atoms with E-state index in [-0.39, 0.29) is 17.9 Å². The van der Waals surface area contributed by atoms with Crippen LogP contribution in [0.2, 0.25) is 0 Å². The Hall–Kier alpha value is -1.56. The molecule has 0 fully saturated rings. The number of aromatic nitrogens is 4. The Morgan fingerprint density at radius 1 is 1.56 bits per heavy atom. The standard InChI is InChI=1S/C11H15ClN4O2/c1-6(12)10-13-9-7(2)14-15(3)11(9)16(10)5-8(17)18-4/h6H,5H2,1-4H3. The maximum absolute atomic E-state index is 11.5. The predicted molar refractivity (Wildman–Crippen MR) is 67.5 cm³/mol. The highest BCUT2D eigenvalue weighted by Crippen LogP contribution is 2.25. The SMILES string of the molecule is COC(=O)Cn1c(C(C)Cl)nc2c(C)nn(C)c21. The largest absolute Gasteiger partial charge is 0.468 e. The molecule has 6 nitrogen and oxygen atoms in total. The number of nitrogens with zero attached hydrogens (tertiary/aromatic N) is 4. The van der Waals surface area contributed by atoms with Gasteiger partial charge in [-0.3, -0.25) is 9.48 Å². The van der Waals surface area contributed by atoms with Gasteiger partial charge in [0, 0.05) is 7.05 Å². The normalized spacial score (nSPS) is 12.9. The van der Waals surface area contributed by atoms with Crippen molar-refractivity contribution < 1.29 is 9.53 Å². The molecule has 2 heterocycles. The highest BCUT2D eigenvalue weighted by molar-refractivity contribution is 6.20. The topological polar surface area (TPSA) is 61.9 Å². The fourth-order valence-electron chi connectivity index (χ4n) is 2.00. The lowest BCUT2D eigenvalue weighted by atomic mass is 10.4. The van der Waals surface area contributed by atoms with E-state index in [1.165, 1.54) is 7.11 Å². The molecule has 0 radical (unpaired) electrons. The van der Waals surface area contributed by atoms with Gasteiger partial charge in [-0.15, -0.1) is 11.6 Å². The van der Waals surface area contributed by atoms with Crippen LogP contribution in [0, 0.1) is 6.92 Å². The molecule has 0 aliphatic carbocycles. The van der Waals surface area contributed by atoms with E-state index >= 15 is 0 Å². The van der Waals surface area contributed by atoms with Crippen LogP contribution in [-0.2, 0) is 23.1 Å². The van der Waals surface area contributed by atoms with Crippen LogP contribution in [0.1, 0.15) is 23.8 Å². The molecule has 0 N–H and O–H groups in total. The van der Waals surface area contributed by atoms with Crippen LogP contribution in [0.3, 0.4) is 0 Å². The second-order valence-corrected chi connectivity index (χ2v) is 4.78. The van der Waals surface area contributed by atoms with Crippen molar-refractivity contribution in [3.63, 3.8) is 0 Å². The molecule has 0 spiro atoms. The molecule has 18 heavy (non-hydrogen) atoms. The van der Waals surface area contributed by atoms with Gasteiger partial charge in [0.15, 0.2) is 5.65 Å². The van der Waals surface area contributed by atoms with E-state index in [0.717, 1.165) is 16.9 Å². The lowest BCUT2D eigenvalue weighted by Gasteiger charge is -2.09. The molecular weight excluding hydrogens is 256 g/mol. The number of methoxy groups -OCH3 is 1. The minimum absolute atomic E-state index is 0.0817. The Kier molecular flexibility index (Phi) is 3.30. The van der Waals surface area contributed by atoms with Gasteiger partial charge in [-0.25, -0.2) is 4.98 Å². The van der Waals surface area contributed by atoms with E-state index in [0.29, 0.717) is 5.82 Å². The lowest BCUT2D eigenvalue weighted by molar-refractivity contribution is -0.141. The summed E-state index contributed by atoms with van der Waals surface area (Å²) in [6.07, 6.45) is 0. The number of esters is 1. The molecule has 2 aromatic rings. The second kappa shape index (κ2) is 4.61. The van der Waals surface area contributed by atoms with E-state index in [2.05, 4.69) is 10.1 Å². The number of fused-ring (bicyclic) bond motifs is 1. The van der Waals surface area contributed by atoms with Crippen LogP contribution in [0.25, 0.3) is 11.2 Å². The van der Waals surface area contributed by atoms with Crippen molar-refractivity contribution >= 4 is 28.7 Å². The van der Waals surface area contributed by atoms with E-state index in [1.807, 2.05) is 20.9 Å². The molecule has 0 amide bonds. The first-order chi connectivity index (χ1) is 8.45. The average Bonchev–Trinajstić information content (AvgIpc) is 2.79. The Morgan fingerprint density at radius 3 is 2.78 bits per heavy atom. The van der Waals surface area contributed by atoms with Gasteiger partial charge in [0.2, 0.25) is 0 Å². The second-order valence-electron chi connectivity index (χ2n) is 4.13. The quantitative estimate of drug-likeness (QED) is 0.627. The summed E-state index contributed by atoms with van der Waals surface area (Å²) in [6, 6.07) is 0. The minimum atomic E-state index is -0.341. The van der Waals surface area contributed by atoms with Crippen molar-refractivity contribution in [3.8, 4) is 0 Å². The number of hydrogen-bond acceptors (Lipinski definition) is 4. The number of ether oxygens (including phenoxy) is 1. The van der Waals surface area contributed by atoms with Crippen LogP contribution in [-0.4, -0.2) is 32.4 Å². The molecular formula is C11H15ClN4O2. The number of imidazole rings is 1. The summed E-state index contributed by atoms with van der Waals surface area (Å²) in [7, 11) is 3.17. The van der Waals surface area contributed by atoms with Crippen LogP contribution in [0.4, 0.5) is 0 Å². The first-order valence-corrected chi connectivity index (χ1v) is 6.00. The summed E-state index contributed by atoms with van der Waals surface area (Å²) in [5.74, 6) is 0.305. The molecule has 0 saturated carbocycles. The average molecular weight is 271 g/mol. The van der Waals surface area contributed by atoms with Gasteiger partial charge >= 0.3 is 5.97 Å². The van der Waals surface area contributed by atoms with Crippen molar-refractivity contribution in [2.45, 2.75) is 25.8 Å². The third-order valence-corrected chi connectivity index (χ3v) is 2.99. The van der Waals surface area contributed by atoms with Gasteiger partial charge in [-0.1, -0.05) is 0 Å². The number of halogens is 1. The molecule has 0 aromatic carbocycles. The third-order valence-electron chi connectivity index (χ3n) is 2.79. The molecule has 0 aliphatic rings. The summed E-state index contributed by atoms with van der Waals surface area (Å²) >= 11 is 6.10. The number of aryl methyl sites for hydroxylation is 2.